The summed E-state index contributed by atoms with van der Waals surface area (Å²) in [4.78, 5) is 0. The summed E-state index contributed by atoms with van der Waals surface area (Å²) in [5.41, 5.74) is 1.54. The number of halogens is 1. The fourth-order valence-electron chi connectivity index (χ4n) is 1.77. The largest absolute Gasteiger partial charge is 0.457 e. The van der Waals surface area contributed by atoms with Gasteiger partial charge in [0.25, 0.3) is 0 Å². The first kappa shape index (κ1) is 14.1. The highest BCUT2D eigenvalue weighted by atomic mass is 79.9. The number of benzene rings is 2. The smallest absolute Gasteiger partial charge is 0.132 e. The molecule has 0 aliphatic rings. The number of aliphatic hydroxyl groups is 2. The van der Waals surface area contributed by atoms with Crippen LogP contribution in [0.5, 0.6) is 11.5 Å². The molecule has 0 spiro atoms. The van der Waals surface area contributed by atoms with Crippen LogP contribution in [-0.2, 0) is 6.61 Å². The molecule has 0 aliphatic carbocycles. The van der Waals surface area contributed by atoms with Crippen LogP contribution >= 0.6 is 15.9 Å². The minimum atomic E-state index is -0.534. The van der Waals surface area contributed by atoms with E-state index in [4.69, 9.17) is 4.74 Å². The minimum Gasteiger partial charge on any atom is -0.457 e. The van der Waals surface area contributed by atoms with E-state index in [0.29, 0.717) is 11.5 Å². The molecule has 4 heteroatoms. The van der Waals surface area contributed by atoms with Crippen molar-refractivity contribution in [2.45, 2.75) is 19.6 Å². The maximum absolute atomic E-state index is 9.56. The van der Waals surface area contributed by atoms with E-state index < -0.39 is 6.10 Å². The van der Waals surface area contributed by atoms with Crippen molar-refractivity contribution in [3.63, 3.8) is 0 Å². The number of hydrogen-bond acceptors (Lipinski definition) is 3. The summed E-state index contributed by atoms with van der Waals surface area (Å²) in [7, 11) is 0. The van der Waals surface area contributed by atoms with Crippen LogP contribution in [0.3, 0.4) is 0 Å². The molecule has 0 saturated heterocycles. The third-order valence-corrected chi connectivity index (χ3v) is 3.48. The highest BCUT2D eigenvalue weighted by Crippen LogP contribution is 2.31. The molecule has 0 fully saturated rings. The Kier molecular flexibility index (Phi) is 4.58. The number of hydrogen-bond donors (Lipinski definition) is 2. The Morgan fingerprint density at radius 2 is 1.95 bits per heavy atom. The van der Waals surface area contributed by atoms with Gasteiger partial charge in [0.05, 0.1) is 12.7 Å². The first-order chi connectivity index (χ1) is 9.11. The molecule has 0 radical (unpaired) electrons. The molecule has 0 aromatic heterocycles. The number of rotatable bonds is 4. The van der Waals surface area contributed by atoms with Gasteiger partial charge in [-0.3, -0.25) is 0 Å². The Hall–Kier alpha value is -1.36. The Bertz CT molecular complexity index is 567. The molecule has 0 saturated carbocycles. The highest BCUT2D eigenvalue weighted by Gasteiger charge is 2.09. The lowest BCUT2D eigenvalue weighted by Gasteiger charge is -2.12. The number of ether oxygens (including phenoxy) is 1. The second-order valence-electron chi connectivity index (χ2n) is 4.23. The lowest BCUT2D eigenvalue weighted by Crippen LogP contribution is -1.94. The normalized spacial score (nSPS) is 12.2. The summed E-state index contributed by atoms with van der Waals surface area (Å²) in [5.74, 6) is 1.28. The van der Waals surface area contributed by atoms with Crippen molar-refractivity contribution in [3.8, 4) is 11.5 Å². The van der Waals surface area contributed by atoms with E-state index in [-0.39, 0.29) is 6.61 Å². The molecule has 2 aromatic carbocycles. The van der Waals surface area contributed by atoms with Crippen LogP contribution in [-0.4, -0.2) is 10.2 Å². The summed E-state index contributed by atoms with van der Waals surface area (Å²) in [6, 6.07) is 12.7. The van der Waals surface area contributed by atoms with Gasteiger partial charge in [-0.1, -0.05) is 40.2 Å². The zero-order chi connectivity index (χ0) is 13.8. The van der Waals surface area contributed by atoms with Crippen molar-refractivity contribution in [2.75, 3.05) is 0 Å². The van der Waals surface area contributed by atoms with E-state index in [0.717, 1.165) is 15.6 Å². The standard InChI is InChI=1S/C15H15BrO3/c1-10(18)13-7-6-12(8-14(13)16)19-15-5-3-2-4-11(15)9-17/h2-8,10,17-18H,9H2,1H3. The molecule has 1 unspecified atom stereocenters. The summed E-state index contributed by atoms with van der Waals surface area (Å²) >= 11 is 3.41. The Labute approximate surface area is 120 Å². The van der Waals surface area contributed by atoms with Gasteiger partial charge in [0.1, 0.15) is 11.5 Å². The van der Waals surface area contributed by atoms with Crippen molar-refractivity contribution >= 4 is 15.9 Å². The molecular formula is C15H15BrO3. The zero-order valence-electron chi connectivity index (χ0n) is 10.5. The van der Waals surface area contributed by atoms with Gasteiger partial charge in [0.2, 0.25) is 0 Å². The Morgan fingerprint density at radius 3 is 2.58 bits per heavy atom. The predicted octanol–water partition coefficient (Wildman–Crippen LogP) is 3.79. The van der Waals surface area contributed by atoms with Gasteiger partial charge in [0.15, 0.2) is 0 Å². The maximum Gasteiger partial charge on any atom is 0.132 e. The van der Waals surface area contributed by atoms with Crippen LogP contribution in [0, 0.1) is 0 Å². The SMILES string of the molecule is CC(O)c1ccc(Oc2ccccc2CO)cc1Br. The topological polar surface area (TPSA) is 49.7 Å². The Morgan fingerprint density at radius 1 is 1.21 bits per heavy atom. The van der Waals surface area contributed by atoms with Crippen molar-refractivity contribution < 1.29 is 14.9 Å². The molecule has 3 nitrogen and oxygen atoms in total. The van der Waals surface area contributed by atoms with Crippen LogP contribution in [0.15, 0.2) is 46.9 Å². The van der Waals surface area contributed by atoms with Gasteiger partial charge in [-0.25, -0.2) is 0 Å². The second kappa shape index (κ2) is 6.19. The van der Waals surface area contributed by atoms with Crippen LogP contribution in [0.2, 0.25) is 0 Å². The Balaban J connectivity index is 2.26. The molecule has 0 heterocycles. The van der Waals surface area contributed by atoms with E-state index in [1.165, 1.54) is 0 Å². The molecule has 100 valence electrons. The molecular weight excluding hydrogens is 308 g/mol. The van der Waals surface area contributed by atoms with Gasteiger partial charge in [-0.2, -0.15) is 0 Å². The van der Waals surface area contributed by atoms with Gasteiger partial charge >= 0.3 is 0 Å². The van der Waals surface area contributed by atoms with Crippen molar-refractivity contribution in [1.82, 2.24) is 0 Å². The molecule has 2 aromatic rings. The van der Waals surface area contributed by atoms with Gasteiger partial charge in [-0.15, -0.1) is 0 Å². The molecule has 0 aliphatic heterocycles. The second-order valence-corrected chi connectivity index (χ2v) is 5.08. The third-order valence-electron chi connectivity index (χ3n) is 2.79. The fourth-order valence-corrected chi connectivity index (χ4v) is 2.46. The molecule has 19 heavy (non-hydrogen) atoms. The van der Waals surface area contributed by atoms with E-state index >= 15 is 0 Å². The average molecular weight is 323 g/mol. The zero-order valence-corrected chi connectivity index (χ0v) is 12.1. The van der Waals surface area contributed by atoms with Crippen LogP contribution < -0.4 is 4.74 Å². The maximum atomic E-state index is 9.56. The lowest BCUT2D eigenvalue weighted by molar-refractivity contribution is 0.198. The molecule has 0 bridgehead atoms. The lowest BCUT2D eigenvalue weighted by atomic mass is 10.1. The number of para-hydroxylation sites is 1. The minimum absolute atomic E-state index is 0.0664. The van der Waals surface area contributed by atoms with Gasteiger partial charge < -0.3 is 14.9 Å². The van der Waals surface area contributed by atoms with E-state index in [1.807, 2.05) is 30.3 Å². The van der Waals surface area contributed by atoms with Crippen molar-refractivity contribution in [1.29, 1.82) is 0 Å². The quantitative estimate of drug-likeness (QED) is 0.900. The van der Waals surface area contributed by atoms with Gasteiger partial charge in [0, 0.05) is 10.0 Å². The summed E-state index contributed by atoms with van der Waals surface area (Å²) < 4.78 is 6.54. The first-order valence-electron chi connectivity index (χ1n) is 5.96. The average Bonchev–Trinajstić information content (AvgIpc) is 2.39. The van der Waals surface area contributed by atoms with Crippen LogP contribution in [0.4, 0.5) is 0 Å². The van der Waals surface area contributed by atoms with E-state index in [2.05, 4.69) is 15.9 Å². The number of aliphatic hydroxyl groups excluding tert-OH is 2. The molecule has 2 rings (SSSR count). The van der Waals surface area contributed by atoms with Crippen LogP contribution in [0.25, 0.3) is 0 Å². The molecule has 2 N–H and O–H groups in total. The van der Waals surface area contributed by atoms with Crippen LogP contribution in [0.1, 0.15) is 24.2 Å². The van der Waals surface area contributed by atoms with E-state index in [9.17, 15) is 10.2 Å². The molecule has 0 amide bonds. The third kappa shape index (κ3) is 3.35. The summed E-state index contributed by atoms with van der Waals surface area (Å²) in [6.45, 7) is 1.64. The summed E-state index contributed by atoms with van der Waals surface area (Å²) in [6.07, 6.45) is -0.534. The van der Waals surface area contributed by atoms with E-state index in [1.54, 1.807) is 19.1 Å². The van der Waals surface area contributed by atoms with Crippen molar-refractivity contribution in [2.24, 2.45) is 0 Å². The monoisotopic (exact) mass is 322 g/mol. The summed E-state index contributed by atoms with van der Waals surface area (Å²) in [5, 5.41) is 18.8. The first-order valence-corrected chi connectivity index (χ1v) is 6.75. The van der Waals surface area contributed by atoms with Crippen molar-refractivity contribution in [3.05, 3.63) is 58.1 Å². The van der Waals surface area contributed by atoms with Gasteiger partial charge in [-0.05, 0) is 30.7 Å². The predicted molar refractivity (Wildman–Crippen MR) is 77.2 cm³/mol. The molecule has 1 atom stereocenters. The fraction of sp³-hybridized carbons (Fsp3) is 0.200. The highest BCUT2D eigenvalue weighted by molar-refractivity contribution is 9.10.